The molecule has 1 aromatic heterocycles. The van der Waals surface area contributed by atoms with E-state index < -0.39 is 5.91 Å². The van der Waals surface area contributed by atoms with Crippen LogP contribution in [0.2, 0.25) is 0 Å². The maximum atomic E-state index is 11.2. The van der Waals surface area contributed by atoms with Crippen LogP contribution in [-0.2, 0) is 13.0 Å². The lowest BCUT2D eigenvalue weighted by Crippen LogP contribution is -2.15. The zero-order chi connectivity index (χ0) is 12.7. The Labute approximate surface area is 102 Å². The summed E-state index contributed by atoms with van der Waals surface area (Å²) in [6.45, 7) is 5.08. The Morgan fingerprint density at radius 1 is 1.24 bits per heavy atom. The van der Waals surface area contributed by atoms with Gasteiger partial charge in [-0.05, 0) is 12.8 Å². The molecule has 0 bridgehead atoms. The van der Waals surface area contributed by atoms with E-state index >= 15 is 0 Å². The molecule has 96 valence electrons. The second-order valence-electron chi connectivity index (χ2n) is 4.28. The Kier molecular flexibility index (Phi) is 5.66. The van der Waals surface area contributed by atoms with Gasteiger partial charge >= 0.3 is 0 Å². The van der Waals surface area contributed by atoms with E-state index in [4.69, 9.17) is 5.73 Å². The van der Waals surface area contributed by atoms with Crippen LogP contribution < -0.4 is 5.73 Å². The highest BCUT2D eigenvalue weighted by Gasteiger charge is 2.15. The van der Waals surface area contributed by atoms with E-state index in [2.05, 4.69) is 24.2 Å². The third-order valence-corrected chi connectivity index (χ3v) is 2.78. The Morgan fingerprint density at radius 2 is 2.00 bits per heavy atom. The Hall–Kier alpha value is -1.39. The molecule has 0 saturated carbocycles. The lowest BCUT2D eigenvalue weighted by Gasteiger charge is -2.05. The first-order valence-corrected chi connectivity index (χ1v) is 6.42. The van der Waals surface area contributed by atoms with Crippen LogP contribution in [0.3, 0.4) is 0 Å². The van der Waals surface area contributed by atoms with Gasteiger partial charge in [0.2, 0.25) is 0 Å². The number of nitrogens with zero attached hydrogens (tertiary/aromatic N) is 3. The van der Waals surface area contributed by atoms with Crippen LogP contribution in [0, 0.1) is 0 Å². The summed E-state index contributed by atoms with van der Waals surface area (Å²) in [5.41, 5.74) is 6.50. The van der Waals surface area contributed by atoms with Gasteiger partial charge in [0.1, 0.15) is 0 Å². The molecular formula is C12H22N4O. The number of carbonyl (C=O) groups is 1. The SMILES string of the molecule is CCCCCCn1nnc(C(N)=O)c1CCC. The van der Waals surface area contributed by atoms with Crippen molar-refractivity contribution in [3.05, 3.63) is 11.4 Å². The summed E-state index contributed by atoms with van der Waals surface area (Å²) in [5.74, 6) is -0.478. The zero-order valence-electron chi connectivity index (χ0n) is 10.8. The first-order valence-electron chi connectivity index (χ1n) is 6.42. The van der Waals surface area contributed by atoms with Crippen molar-refractivity contribution >= 4 is 5.91 Å². The van der Waals surface area contributed by atoms with Gasteiger partial charge in [-0.25, -0.2) is 4.68 Å². The number of amides is 1. The van der Waals surface area contributed by atoms with E-state index in [-0.39, 0.29) is 0 Å². The summed E-state index contributed by atoms with van der Waals surface area (Å²) in [5, 5.41) is 7.89. The number of aryl methyl sites for hydroxylation is 1. The van der Waals surface area contributed by atoms with Crippen LogP contribution in [0.25, 0.3) is 0 Å². The van der Waals surface area contributed by atoms with E-state index in [0.717, 1.165) is 31.5 Å². The van der Waals surface area contributed by atoms with Crippen molar-refractivity contribution in [3.63, 3.8) is 0 Å². The molecule has 2 N–H and O–H groups in total. The van der Waals surface area contributed by atoms with Gasteiger partial charge < -0.3 is 5.73 Å². The van der Waals surface area contributed by atoms with Crippen LogP contribution in [-0.4, -0.2) is 20.9 Å². The zero-order valence-corrected chi connectivity index (χ0v) is 10.8. The van der Waals surface area contributed by atoms with Gasteiger partial charge in [0, 0.05) is 6.54 Å². The molecule has 0 radical (unpaired) electrons. The van der Waals surface area contributed by atoms with Crippen LogP contribution in [0.4, 0.5) is 0 Å². The molecule has 0 atom stereocenters. The van der Waals surface area contributed by atoms with E-state index in [1.807, 2.05) is 4.68 Å². The monoisotopic (exact) mass is 238 g/mol. The molecule has 0 fully saturated rings. The largest absolute Gasteiger partial charge is 0.364 e. The molecule has 0 saturated heterocycles. The summed E-state index contributed by atoms with van der Waals surface area (Å²) in [6.07, 6.45) is 6.48. The van der Waals surface area contributed by atoms with Crippen molar-refractivity contribution in [1.82, 2.24) is 15.0 Å². The maximum Gasteiger partial charge on any atom is 0.271 e. The number of rotatable bonds is 8. The van der Waals surface area contributed by atoms with Crippen molar-refractivity contribution in [2.24, 2.45) is 5.73 Å². The topological polar surface area (TPSA) is 73.8 Å². The number of nitrogens with two attached hydrogens (primary N) is 1. The third kappa shape index (κ3) is 3.84. The third-order valence-electron chi connectivity index (χ3n) is 2.78. The number of hydrogen-bond acceptors (Lipinski definition) is 3. The van der Waals surface area contributed by atoms with Crippen molar-refractivity contribution in [1.29, 1.82) is 0 Å². The first-order chi connectivity index (χ1) is 8.20. The molecule has 1 aromatic rings. The summed E-state index contributed by atoms with van der Waals surface area (Å²) in [6, 6.07) is 0. The van der Waals surface area contributed by atoms with E-state index in [1.165, 1.54) is 19.3 Å². The lowest BCUT2D eigenvalue weighted by molar-refractivity contribution is 0.0994. The van der Waals surface area contributed by atoms with Gasteiger partial charge in [-0.3, -0.25) is 4.79 Å². The summed E-state index contributed by atoms with van der Waals surface area (Å²) in [7, 11) is 0. The predicted octanol–water partition coefficient (Wildman–Crippen LogP) is 1.91. The van der Waals surface area contributed by atoms with E-state index in [0.29, 0.717) is 5.69 Å². The van der Waals surface area contributed by atoms with E-state index in [1.54, 1.807) is 0 Å². The number of unbranched alkanes of at least 4 members (excludes halogenated alkanes) is 3. The van der Waals surface area contributed by atoms with E-state index in [9.17, 15) is 4.79 Å². The van der Waals surface area contributed by atoms with Crippen LogP contribution >= 0.6 is 0 Å². The van der Waals surface area contributed by atoms with Gasteiger partial charge in [0.25, 0.3) is 5.91 Å². The molecule has 0 aliphatic heterocycles. The number of hydrogen-bond donors (Lipinski definition) is 1. The first kappa shape index (κ1) is 13.7. The number of carbonyl (C=O) groups excluding carboxylic acids is 1. The molecule has 5 heteroatoms. The second kappa shape index (κ2) is 7.04. The summed E-state index contributed by atoms with van der Waals surface area (Å²) < 4.78 is 1.83. The van der Waals surface area contributed by atoms with Crippen LogP contribution in [0.15, 0.2) is 0 Å². The Morgan fingerprint density at radius 3 is 2.59 bits per heavy atom. The highest BCUT2D eigenvalue weighted by Crippen LogP contribution is 2.10. The average molecular weight is 238 g/mol. The molecule has 0 unspecified atom stereocenters. The fraction of sp³-hybridized carbons (Fsp3) is 0.750. The minimum Gasteiger partial charge on any atom is -0.364 e. The fourth-order valence-corrected chi connectivity index (χ4v) is 1.88. The standard InChI is InChI=1S/C12H22N4O/c1-3-5-6-7-9-16-10(8-4-2)11(12(13)17)14-15-16/h3-9H2,1-2H3,(H2,13,17). The molecule has 1 amide bonds. The molecule has 0 aromatic carbocycles. The highest BCUT2D eigenvalue weighted by atomic mass is 16.1. The molecular weight excluding hydrogens is 216 g/mol. The smallest absolute Gasteiger partial charge is 0.271 e. The van der Waals surface area contributed by atoms with Crippen LogP contribution in [0.1, 0.15) is 62.1 Å². The molecule has 17 heavy (non-hydrogen) atoms. The Bertz CT molecular complexity index is 359. The van der Waals surface area contributed by atoms with Crippen molar-refractivity contribution in [2.45, 2.75) is 58.9 Å². The van der Waals surface area contributed by atoms with Gasteiger partial charge in [-0.15, -0.1) is 5.10 Å². The fourth-order valence-electron chi connectivity index (χ4n) is 1.88. The predicted molar refractivity (Wildman–Crippen MR) is 66.7 cm³/mol. The quantitative estimate of drug-likeness (QED) is 0.703. The lowest BCUT2D eigenvalue weighted by atomic mass is 10.2. The molecule has 5 nitrogen and oxygen atoms in total. The van der Waals surface area contributed by atoms with Crippen molar-refractivity contribution < 1.29 is 4.79 Å². The van der Waals surface area contributed by atoms with Gasteiger partial charge in [-0.1, -0.05) is 44.7 Å². The summed E-state index contributed by atoms with van der Waals surface area (Å²) >= 11 is 0. The molecule has 1 rings (SSSR count). The molecule has 0 aliphatic carbocycles. The molecule has 1 heterocycles. The minimum absolute atomic E-state index is 0.336. The van der Waals surface area contributed by atoms with Crippen molar-refractivity contribution in [2.75, 3.05) is 0 Å². The maximum absolute atomic E-state index is 11.2. The number of aromatic nitrogens is 3. The average Bonchev–Trinajstić information content (AvgIpc) is 2.69. The van der Waals surface area contributed by atoms with Gasteiger partial charge in [0.05, 0.1) is 5.69 Å². The molecule has 0 aliphatic rings. The highest BCUT2D eigenvalue weighted by molar-refractivity contribution is 5.91. The van der Waals surface area contributed by atoms with Gasteiger partial charge in [-0.2, -0.15) is 0 Å². The normalized spacial score (nSPS) is 10.7. The molecule has 0 spiro atoms. The van der Waals surface area contributed by atoms with Crippen molar-refractivity contribution in [3.8, 4) is 0 Å². The second-order valence-corrected chi connectivity index (χ2v) is 4.28. The van der Waals surface area contributed by atoms with Gasteiger partial charge in [0.15, 0.2) is 5.69 Å². The van der Waals surface area contributed by atoms with Crippen LogP contribution in [0.5, 0.6) is 0 Å². The number of primary amides is 1. The Balaban J connectivity index is 2.67. The minimum atomic E-state index is -0.478. The summed E-state index contributed by atoms with van der Waals surface area (Å²) in [4.78, 5) is 11.2.